The first-order valence-corrected chi connectivity index (χ1v) is 19.7. The Labute approximate surface area is 321 Å². The fourth-order valence-electron chi connectivity index (χ4n) is 5.61. The van der Waals surface area contributed by atoms with Gasteiger partial charge in [0.2, 0.25) is 0 Å². The first kappa shape index (κ1) is 50.2. The maximum absolute atomic E-state index is 9.75. The van der Waals surface area contributed by atoms with Crippen LogP contribution in [0.5, 0.6) is 0 Å². The Morgan fingerprint density at radius 3 is 0.878 bits per heavy atom. The van der Waals surface area contributed by atoms with Crippen LogP contribution < -0.4 is 10.6 Å². The smallest absolute Gasteiger partial charge is 0.418 e. The molecule has 3 aromatic carbocycles. The van der Waals surface area contributed by atoms with Crippen LogP contribution >= 0.6 is 27.2 Å². The molecule has 0 radical (unpaired) electrons. The molecule has 1 heterocycles. The molecule has 0 saturated heterocycles. The van der Waals surface area contributed by atoms with E-state index in [0.717, 1.165) is 22.6 Å². The third-order valence-corrected chi connectivity index (χ3v) is 14.6. The molecule has 0 aliphatic rings. The van der Waals surface area contributed by atoms with E-state index in [4.69, 9.17) is 0 Å². The van der Waals surface area contributed by atoms with Crippen molar-refractivity contribution in [1.82, 2.24) is 0 Å². The Morgan fingerprint density at radius 2 is 0.673 bits per heavy atom. The summed E-state index contributed by atoms with van der Waals surface area (Å²) in [7, 11) is -13.3. The van der Waals surface area contributed by atoms with Crippen molar-refractivity contribution in [2.24, 2.45) is 0 Å². The van der Waals surface area contributed by atoms with Gasteiger partial charge in [-0.15, -0.1) is 0 Å². The number of hydrogen-bond acceptors (Lipinski definition) is 1. The summed E-state index contributed by atoms with van der Waals surface area (Å²) in [6, 6.07) is 31.7. The van der Waals surface area contributed by atoms with Crippen LogP contribution in [0.25, 0.3) is 22.3 Å². The molecule has 0 amide bonds. The molecule has 49 heavy (non-hydrogen) atoms. The Kier molecular flexibility index (Phi) is 25.0. The van der Waals surface area contributed by atoms with Gasteiger partial charge in [-0.1, -0.05) is 72.8 Å². The summed E-state index contributed by atoms with van der Waals surface area (Å²) in [6.45, 7) is 19.2. The van der Waals surface area contributed by atoms with Crippen LogP contribution in [0.4, 0.5) is 34.5 Å². The second-order valence-corrected chi connectivity index (χ2v) is 20.3. The van der Waals surface area contributed by atoms with Crippen molar-refractivity contribution < 1.29 is 75.4 Å². The number of rotatable bonds is 8. The fraction of sp³-hybridized carbons (Fsp3) is 0.353. The van der Waals surface area contributed by atoms with E-state index in [-0.39, 0.29) is 40.8 Å². The molecule has 0 spiro atoms. The van der Waals surface area contributed by atoms with E-state index in [9.17, 15) is 34.5 Å². The molecule has 0 unspecified atom stereocenters. The van der Waals surface area contributed by atoms with Gasteiger partial charge in [0, 0.05) is 67.8 Å². The van der Waals surface area contributed by atoms with Gasteiger partial charge in [-0.05, 0) is 89.4 Å². The van der Waals surface area contributed by atoms with Gasteiger partial charge in [0.1, 0.15) is 0 Å². The first-order chi connectivity index (χ1) is 21.7. The minimum absolute atomic E-state index is 0. The van der Waals surface area contributed by atoms with Crippen molar-refractivity contribution in [3.63, 3.8) is 0 Å². The molecule has 0 saturated carbocycles. The summed E-state index contributed by atoms with van der Waals surface area (Å²) in [4.78, 5) is 0. The minimum Gasteiger partial charge on any atom is -0.418 e. The monoisotopic (exact) mass is 934 g/mol. The van der Waals surface area contributed by atoms with Crippen molar-refractivity contribution in [2.75, 3.05) is 0 Å². The Hall–Kier alpha value is -0.885. The van der Waals surface area contributed by atoms with Crippen molar-refractivity contribution in [3.05, 3.63) is 95.7 Å². The van der Waals surface area contributed by atoms with Crippen LogP contribution in [0, 0.1) is 0 Å². The molecule has 0 N–H and O–H groups in total. The van der Waals surface area contributed by atoms with E-state index < -0.39 is 30.4 Å². The molecule has 1 aromatic heterocycles. The Bertz CT molecular complexity index is 1280. The molecular weight excluding hydrogens is 889 g/mol. The standard InChI is InChI=1S/C30H40P2.C4H4S.2BF4.2Pd/c1-21(2)31(22(3)4)29-15-11-9-13-27(29)25-17-19-26(20-18-25)28-14-10-12-16-30(28)32(23(5)6)24(7)8;1-2-4-5-3-1;2*2-1(3,4)5;;/h9-24H,1-8H3;1-4H;;;;/q;;2*-1;;/p+2. The van der Waals surface area contributed by atoms with Gasteiger partial charge in [0.05, 0.1) is 33.2 Å². The van der Waals surface area contributed by atoms with Crippen LogP contribution in [0.2, 0.25) is 0 Å². The first-order valence-electron chi connectivity index (χ1n) is 15.5. The summed E-state index contributed by atoms with van der Waals surface area (Å²) in [5, 5.41) is 7.25. The second kappa shape index (κ2) is 24.4. The number of hydrogen-bond donors (Lipinski definition) is 0. The molecule has 15 heteroatoms. The maximum atomic E-state index is 9.75. The molecule has 0 aliphatic carbocycles. The number of halogens is 8. The van der Waals surface area contributed by atoms with E-state index >= 15 is 0 Å². The normalized spacial score (nSPS) is 11.2. The van der Waals surface area contributed by atoms with Crippen molar-refractivity contribution in [3.8, 4) is 22.3 Å². The molecule has 0 atom stereocenters. The molecule has 0 fully saturated rings. The molecule has 280 valence electrons. The van der Waals surface area contributed by atoms with E-state index in [1.165, 1.54) is 22.3 Å². The molecule has 4 aromatic rings. The Morgan fingerprint density at radius 1 is 0.429 bits per heavy atom. The van der Waals surface area contributed by atoms with Gasteiger partial charge in [0.15, 0.2) is 0 Å². The number of thiophene rings is 1. The summed E-state index contributed by atoms with van der Waals surface area (Å²) in [5.74, 6) is 0. The largest absolute Gasteiger partial charge is 0.673 e. The predicted molar refractivity (Wildman–Crippen MR) is 198 cm³/mol. The zero-order chi connectivity index (χ0) is 35.9. The van der Waals surface area contributed by atoms with Crippen molar-refractivity contribution >= 4 is 52.3 Å². The quantitative estimate of drug-likeness (QED) is 0.0938. The third-order valence-electron chi connectivity index (χ3n) is 6.90. The molecule has 0 nitrogen and oxygen atoms in total. The maximum Gasteiger partial charge on any atom is 0.673 e. The van der Waals surface area contributed by atoms with Crippen molar-refractivity contribution in [2.45, 2.75) is 78.0 Å². The topological polar surface area (TPSA) is 0 Å². The zero-order valence-corrected chi connectivity index (χ0v) is 34.7. The van der Waals surface area contributed by atoms with Crippen LogP contribution in [0.1, 0.15) is 55.4 Å². The van der Waals surface area contributed by atoms with Gasteiger partial charge in [-0.3, -0.25) is 0 Å². The van der Waals surface area contributed by atoms with Gasteiger partial charge < -0.3 is 34.5 Å². The van der Waals surface area contributed by atoms with Gasteiger partial charge in [-0.2, -0.15) is 11.3 Å². The van der Waals surface area contributed by atoms with Gasteiger partial charge in [-0.25, -0.2) is 0 Å². The minimum atomic E-state index is -6.00. The summed E-state index contributed by atoms with van der Waals surface area (Å²) >= 11 is 1.71. The SMILES string of the molecule is CC(C)[PH+](c1ccccc1-c1ccc(-c2ccccc2[PH+](C(C)C)C(C)C)cc1)C(C)C.F[B-](F)(F)F.F[B-](F)(F)F.[Pd].[Pd].c1ccsc1. The van der Waals surface area contributed by atoms with Gasteiger partial charge in [0.25, 0.3) is 0 Å². The van der Waals surface area contributed by atoms with Gasteiger partial charge >= 0.3 is 14.5 Å². The summed E-state index contributed by atoms with van der Waals surface area (Å²) < 4.78 is 78.0. The fourth-order valence-corrected chi connectivity index (χ4v) is 12.9. The average Bonchev–Trinajstić information content (AvgIpc) is 3.52. The van der Waals surface area contributed by atoms with E-state index in [0.29, 0.717) is 0 Å². The summed E-state index contributed by atoms with van der Waals surface area (Å²) in [6.07, 6.45) is 0. The molecule has 0 bridgehead atoms. The summed E-state index contributed by atoms with van der Waals surface area (Å²) in [5.41, 5.74) is 8.45. The van der Waals surface area contributed by atoms with Crippen LogP contribution in [-0.4, -0.2) is 37.1 Å². The third kappa shape index (κ3) is 20.7. The second-order valence-electron chi connectivity index (χ2n) is 12.0. The number of benzene rings is 3. The molecule has 4 rings (SSSR count). The van der Waals surface area contributed by atoms with Crippen LogP contribution in [0.15, 0.2) is 95.7 Å². The predicted octanol–water partition coefficient (Wildman–Crippen LogP) is 12.7. The van der Waals surface area contributed by atoms with Crippen LogP contribution in [0.3, 0.4) is 0 Å². The van der Waals surface area contributed by atoms with E-state index in [2.05, 4.69) is 128 Å². The zero-order valence-electron chi connectivity index (χ0n) is 28.8. The molecular formula is C34H46B2F8P2Pd2S. The Balaban J connectivity index is 0. The van der Waals surface area contributed by atoms with Crippen LogP contribution in [-0.2, 0) is 40.8 Å². The van der Waals surface area contributed by atoms with E-state index in [1.54, 1.807) is 21.9 Å². The average molecular weight is 935 g/mol. The molecule has 0 aliphatic heterocycles. The van der Waals surface area contributed by atoms with E-state index in [1.807, 2.05) is 22.9 Å². The van der Waals surface area contributed by atoms with Crippen molar-refractivity contribution in [1.29, 1.82) is 0 Å².